The number of hydrogen-bond donors (Lipinski definition) is 4. The van der Waals surface area contributed by atoms with Crippen LogP contribution in [0.3, 0.4) is 0 Å². The number of rotatable bonds is 17. The number of carbonyl (C=O) groups excluding carboxylic acids is 3. The number of carboxylic acids is 1. The van der Waals surface area contributed by atoms with Crippen molar-refractivity contribution < 1.29 is 33.8 Å². The van der Waals surface area contributed by atoms with Gasteiger partial charge in [-0.15, -0.1) is 0 Å². The first-order valence-corrected chi connectivity index (χ1v) is 16.0. The molecule has 4 aromatic rings. The van der Waals surface area contributed by atoms with E-state index in [0.29, 0.717) is 40.6 Å². The largest absolute Gasteiger partial charge is 0.494 e. The summed E-state index contributed by atoms with van der Waals surface area (Å²) in [6.45, 7) is 2.81. The number of ether oxygens (including phenoxy) is 2. The number of hydrogen-bond acceptors (Lipinski definition) is 7. The zero-order valence-electron chi connectivity index (χ0n) is 26.9. The van der Waals surface area contributed by atoms with Gasteiger partial charge in [-0.25, -0.2) is 9.59 Å². The Labute approximate surface area is 280 Å². The molecule has 0 saturated carbocycles. The van der Waals surface area contributed by atoms with Gasteiger partial charge in [-0.3, -0.25) is 9.59 Å². The van der Waals surface area contributed by atoms with Crippen molar-refractivity contribution in [3.05, 3.63) is 119 Å². The molecule has 0 spiro atoms. The van der Waals surface area contributed by atoms with E-state index in [1.54, 1.807) is 84.9 Å². The lowest BCUT2D eigenvalue weighted by Crippen LogP contribution is -2.42. The summed E-state index contributed by atoms with van der Waals surface area (Å²) in [5, 5.41) is 15.1. The molecule has 10 nitrogen and oxygen atoms in total. The number of unbranched alkanes of at least 4 members (excludes halogenated alkanes) is 4. The predicted octanol–water partition coefficient (Wildman–Crippen LogP) is 6.44. The van der Waals surface area contributed by atoms with Crippen LogP contribution < -0.4 is 25.8 Å². The molecule has 0 fully saturated rings. The van der Waals surface area contributed by atoms with Gasteiger partial charge in [0.2, 0.25) is 5.91 Å². The fourth-order valence-corrected chi connectivity index (χ4v) is 4.85. The van der Waals surface area contributed by atoms with Gasteiger partial charge in [-0.2, -0.15) is 0 Å². The van der Waals surface area contributed by atoms with Crippen LogP contribution in [0.25, 0.3) is 0 Å². The minimum Gasteiger partial charge on any atom is -0.494 e. The third-order valence-electron chi connectivity index (χ3n) is 7.56. The molecule has 0 aliphatic carbocycles. The summed E-state index contributed by atoms with van der Waals surface area (Å²) in [6, 6.07) is 25.2. The highest BCUT2D eigenvalue weighted by Crippen LogP contribution is 2.19. The van der Waals surface area contributed by atoms with Gasteiger partial charge in [0, 0.05) is 23.4 Å². The van der Waals surface area contributed by atoms with Crippen molar-refractivity contribution in [2.75, 3.05) is 17.7 Å². The van der Waals surface area contributed by atoms with E-state index in [1.807, 2.05) is 0 Å². The Morgan fingerprint density at radius 2 is 1.33 bits per heavy atom. The van der Waals surface area contributed by atoms with Crippen LogP contribution in [0.2, 0.25) is 0 Å². The van der Waals surface area contributed by atoms with Crippen molar-refractivity contribution in [2.24, 2.45) is 0 Å². The normalized spacial score (nSPS) is 11.3. The number of anilines is 2. The molecule has 0 bridgehead atoms. The Bertz CT molecular complexity index is 1650. The van der Waals surface area contributed by atoms with Crippen molar-refractivity contribution in [1.29, 1.82) is 0 Å². The number of aliphatic carboxylic acids is 1. The first-order valence-electron chi connectivity index (χ1n) is 16.0. The van der Waals surface area contributed by atoms with Crippen molar-refractivity contribution in [1.82, 2.24) is 5.32 Å². The number of amides is 2. The minimum atomic E-state index is -1.21. The quantitative estimate of drug-likeness (QED) is 0.0440. The molecule has 0 aliphatic heterocycles. The van der Waals surface area contributed by atoms with E-state index in [4.69, 9.17) is 15.2 Å². The molecule has 4 aromatic carbocycles. The molecular formula is C38H41N3O7. The number of carboxylic acid groups (broad SMARTS) is 1. The number of nitrogens with two attached hydrogens (primary N) is 1. The van der Waals surface area contributed by atoms with Crippen LogP contribution in [-0.2, 0) is 22.4 Å². The molecule has 0 radical (unpaired) electrons. The first-order chi connectivity index (χ1) is 23.2. The Morgan fingerprint density at radius 3 is 1.98 bits per heavy atom. The van der Waals surface area contributed by atoms with Crippen LogP contribution in [0.5, 0.6) is 11.5 Å². The molecule has 10 heteroatoms. The van der Waals surface area contributed by atoms with Crippen molar-refractivity contribution in [3.8, 4) is 11.5 Å². The monoisotopic (exact) mass is 651 g/mol. The smallest absolute Gasteiger partial charge is 0.343 e. The average Bonchev–Trinajstić information content (AvgIpc) is 3.08. The topological polar surface area (TPSA) is 157 Å². The maximum Gasteiger partial charge on any atom is 0.343 e. The predicted molar refractivity (Wildman–Crippen MR) is 184 cm³/mol. The number of carbonyl (C=O) groups is 4. The molecule has 0 saturated heterocycles. The second kappa shape index (κ2) is 17.9. The Hall–Kier alpha value is -5.64. The highest BCUT2D eigenvalue weighted by Gasteiger charge is 2.21. The van der Waals surface area contributed by atoms with Crippen LogP contribution in [-0.4, -0.2) is 41.5 Å². The first kappa shape index (κ1) is 35.2. The molecule has 250 valence electrons. The number of benzene rings is 4. The second-order valence-electron chi connectivity index (χ2n) is 11.4. The van der Waals surface area contributed by atoms with E-state index in [2.05, 4.69) is 17.6 Å². The van der Waals surface area contributed by atoms with Crippen LogP contribution in [0.1, 0.15) is 70.9 Å². The van der Waals surface area contributed by atoms with E-state index in [9.17, 15) is 24.3 Å². The van der Waals surface area contributed by atoms with E-state index < -0.39 is 23.9 Å². The Morgan fingerprint density at radius 1 is 0.729 bits per heavy atom. The standard InChI is InChI=1S/C38H41N3O7/c1-2-3-4-5-6-23-47-32-21-13-29(14-22-32)38(46)48-33-19-9-26(10-20-33)24-34(37(44)45)41-36(43)28-11-17-31(18-12-28)40-35(42)25-27-7-15-30(39)16-8-27/h7-22,34H,2-6,23-25,39H2,1H3,(H,40,42)(H,41,43)(H,44,45). The fraction of sp³-hybridized carbons (Fsp3) is 0.263. The molecule has 0 heterocycles. The molecular weight excluding hydrogens is 610 g/mol. The van der Waals surface area contributed by atoms with Crippen LogP contribution in [0, 0.1) is 0 Å². The molecule has 4 rings (SSSR count). The van der Waals surface area contributed by atoms with Gasteiger partial charge in [0.15, 0.2) is 0 Å². The number of nitrogens with one attached hydrogen (secondary N) is 2. The Balaban J connectivity index is 1.24. The van der Waals surface area contributed by atoms with Gasteiger partial charge in [0.25, 0.3) is 5.91 Å². The highest BCUT2D eigenvalue weighted by atomic mass is 16.5. The van der Waals surface area contributed by atoms with Crippen molar-refractivity contribution >= 4 is 35.1 Å². The van der Waals surface area contributed by atoms with Gasteiger partial charge in [0.1, 0.15) is 17.5 Å². The maximum atomic E-state index is 12.8. The summed E-state index contributed by atoms with van der Waals surface area (Å²) >= 11 is 0. The molecule has 5 N–H and O–H groups in total. The summed E-state index contributed by atoms with van der Waals surface area (Å²) in [5.74, 6) is -1.54. The minimum absolute atomic E-state index is 0.00857. The second-order valence-corrected chi connectivity index (χ2v) is 11.4. The van der Waals surface area contributed by atoms with Crippen molar-refractivity contribution in [3.63, 3.8) is 0 Å². The van der Waals surface area contributed by atoms with Gasteiger partial charge >= 0.3 is 11.9 Å². The van der Waals surface area contributed by atoms with Crippen molar-refractivity contribution in [2.45, 2.75) is 57.9 Å². The third kappa shape index (κ3) is 11.3. The van der Waals surface area contributed by atoms with E-state index >= 15 is 0 Å². The maximum absolute atomic E-state index is 12.8. The summed E-state index contributed by atoms with van der Waals surface area (Å²) < 4.78 is 11.2. The lowest BCUT2D eigenvalue weighted by atomic mass is 10.0. The number of esters is 1. The van der Waals surface area contributed by atoms with Gasteiger partial charge in [-0.1, -0.05) is 56.9 Å². The number of nitrogen functional groups attached to an aromatic ring is 1. The van der Waals surface area contributed by atoms with Crippen LogP contribution in [0.15, 0.2) is 97.1 Å². The lowest BCUT2D eigenvalue weighted by Gasteiger charge is -2.15. The summed E-state index contributed by atoms with van der Waals surface area (Å²) in [6.07, 6.45) is 5.93. The van der Waals surface area contributed by atoms with E-state index in [0.717, 1.165) is 18.4 Å². The van der Waals surface area contributed by atoms with Gasteiger partial charge < -0.3 is 30.9 Å². The van der Waals surface area contributed by atoms with Gasteiger partial charge in [-0.05, 0) is 90.3 Å². The van der Waals surface area contributed by atoms with Crippen LogP contribution >= 0.6 is 0 Å². The molecule has 1 atom stereocenters. The third-order valence-corrected chi connectivity index (χ3v) is 7.56. The Kier molecular flexibility index (Phi) is 13.1. The molecule has 1 unspecified atom stereocenters. The summed E-state index contributed by atoms with van der Waals surface area (Å²) in [4.78, 5) is 49.8. The molecule has 2 amide bonds. The molecule has 0 aliphatic rings. The summed E-state index contributed by atoms with van der Waals surface area (Å²) in [7, 11) is 0. The summed E-state index contributed by atoms with van der Waals surface area (Å²) in [5.41, 5.74) is 8.83. The zero-order chi connectivity index (χ0) is 34.3. The molecule has 48 heavy (non-hydrogen) atoms. The van der Waals surface area contributed by atoms with Crippen LogP contribution in [0.4, 0.5) is 11.4 Å². The van der Waals surface area contributed by atoms with Gasteiger partial charge in [0.05, 0.1) is 18.6 Å². The average molecular weight is 652 g/mol. The highest BCUT2D eigenvalue weighted by molar-refractivity contribution is 5.98. The zero-order valence-corrected chi connectivity index (χ0v) is 26.9. The fourth-order valence-electron chi connectivity index (χ4n) is 4.85. The lowest BCUT2D eigenvalue weighted by molar-refractivity contribution is -0.139. The van der Waals surface area contributed by atoms with E-state index in [-0.39, 0.29) is 24.3 Å². The van der Waals surface area contributed by atoms with E-state index in [1.165, 1.54) is 31.4 Å². The molecule has 0 aromatic heterocycles. The SMILES string of the molecule is CCCCCCCOc1ccc(C(=O)Oc2ccc(CC(NC(=O)c3ccc(NC(=O)Cc4ccc(N)cc4)cc3)C(=O)O)cc2)cc1.